The van der Waals surface area contributed by atoms with Crippen LogP contribution in [0.5, 0.6) is 17.2 Å². The molecule has 3 aromatic rings. The summed E-state index contributed by atoms with van der Waals surface area (Å²) in [6.45, 7) is 5.47. The molecule has 0 unspecified atom stereocenters. The highest BCUT2D eigenvalue weighted by molar-refractivity contribution is 6.30. The summed E-state index contributed by atoms with van der Waals surface area (Å²) in [7, 11) is 0. The molecule has 0 aromatic heterocycles. The highest BCUT2D eigenvalue weighted by atomic mass is 35.5. The topological polar surface area (TPSA) is 69.2 Å². The molecule has 7 heteroatoms. The summed E-state index contributed by atoms with van der Waals surface area (Å²) in [6, 6.07) is 19.9. The van der Waals surface area contributed by atoms with Crippen LogP contribution in [-0.4, -0.2) is 25.3 Å². The lowest BCUT2D eigenvalue weighted by Gasteiger charge is -2.12. The largest absolute Gasteiger partial charge is 0.494 e. The number of halogens is 1. The third kappa shape index (κ3) is 7.54. The molecule has 0 fully saturated rings. The van der Waals surface area contributed by atoms with Crippen LogP contribution in [0.2, 0.25) is 5.02 Å². The maximum atomic E-state index is 12.3. The Hall–Kier alpha value is -3.51. The van der Waals surface area contributed by atoms with Crippen molar-refractivity contribution in [2.24, 2.45) is 5.10 Å². The Morgan fingerprint density at radius 1 is 0.939 bits per heavy atom. The molecule has 33 heavy (non-hydrogen) atoms. The number of nitrogens with zero attached hydrogens (tertiary/aromatic N) is 1. The van der Waals surface area contributed by atoms with Crippen LogP contribution >= 0.6 is 11.6 Å². The van der Waals surface area contributed by atoms with Crippen LogP contribution in [0, 0.1) is 0 Å². The second kappa shape index (κ2) is 12.5. The summed E-state index contributed by atoms with van der Waals surface area (Å²) in [6.07, 6.45) is 2.49. The van der Waals surface area contributed by atoms with E-state index in [4.69, 9.17) is 25.8 Å². The molecule has 3 aromatic carbocycles. The molecule has 0 aliphatic carbocycles. The summed E-state index contributed by atoms with van der Waals surface area (Å²) >= 11 is 5.93. The highest BCUT2D eigenvalue weighted by Crippen LogP contribution is 2.29. The zero-order valence-corrected chi connectivity index (χ0v) is 19.5. The highest BCUT2D eigenvalue weighted by Gasteiger charge is 2.08. The number of ether oxygens (including phenoxy) is 3. The van der Waals surface area contributed by atoms with E-state index in [-0.39, 0.29) is 5.91 Å². The number of amides is 1. The predicted molar refractivity (Wildman–Crippen MR) is 131 cm³/mol. The van der Waals surface area contributed by atoms with E-state index in [1.807, 2.05) is 56.3 Å². The first-order chi connectivity index (χ1) is 16.1. The number of nitrogens with one attached hydrogen (secondary N) is 1. The lowest BCUT2D eigenvalue weighted by Crippen LogP contribution is -2.17. The summed E-state index contributed by atoms with van der Waals surface area (Å²) < 4.78 is 17.2. The molecule has 0 aliphatic rings. The van der Waals surface area contributed by atoms with Gasteiger partial charge in [0.15, 0.2) is 11.5 Å². The molecule has 0 radical (unpaired) electrons. The fourth-order valence-electron chi connectivity index (χ4n) is 2.89. The number of carbonyl (C=O) groups is 1. The van der Waals surface area contributed by atoms with Crippen LogP contribution in [-0.2, 0) is 6.61 Å². The molecule has 0 saturated carbocycles. The lowest BCUT2D eigenvalue weighted by molar-refractivity contribution is 0.0955. The summed E-state index contributed by atoms with van der Waals surface area (Å²) in [4.78, 5) is 12.3. The maximum absolute atomic E-state index is 12.3. The van der Waals surface area contributed by atoms with E-state index in [0.717, 1.165) is 23.3 Å². The van der Waals surface area contributed by atoms with E-state index >= 15 is 0 Å². The van der Waals surface area contributed by atoms with Gasteiger partial charge in [0.05, 0.1) is 19.4 Å². The maximum Gasteiger partial charge on any atom is 0.271 e. The van der Waals surface area contributed by atoms with Crippen LogP contribution in [0.4, 0.5) is 0 Å². The number of rotatable bonds is 11. The summed E-state index contributed by atoms with van der Waals surface area (Å²) in [5.41, 5.74) is 4.80. The van der Waals surface area contributed by atoms with Gasteiger partial charge in [-0.15, -0.1) is 0 Å². The van der Waals surface area contributed by atoms with Crippen molar-refractivity contribution in [3.63, 3.8) is 0 Å². The molecular formula is C26H27ClN2O4. The summed E-state index contributed by atoms with van der Waals surface area (Å²) in [5, 5.41) is 4.74. The predicted octanol–water partition coefficient (Wildman–Crippen LogP) is 5.87. The first-order valence-electron chi connectivity index (χ1n) is 10.8. The van der Waals surface area contributed by atoms with Gasteiger partial charge in [0.1, 0.15) is 12.4 Å². The second-order valence-corrected chi connectivity index (χ2v) is 7.56. The Kier molecular flexibility index (Phi) is 9.15. The Balaban J connectivity index is 1.59. The minimum Gasteiger partial charge on any atom is -0.494 e. The van der Waals surface area contributed by atoms with Gasteiger partial charge in [0.2, 0.25) is 0 Å². The molecular weight excluding hydrogens is 440 g/mol. The van der Waals surface area contributed by atoms with Gasteiger partial charge in [-0.2, -0.15) is 5.10 Å². The zero-order valence-electron chi connectivity index (χ0n) is 18.7. The number of carbonyl (C=O) groups excluding carboxylic acids is 1. The molecule has 1 N–H and O–H groups in total. The Labute approximate surface area is 199 Å². The van der Waals surface area contributed by atoms with Crippen LogP contribution in [0.15, 0.2) is 71.8 Å². The average molecular weight is 467 g/mol. The van der Waals surface area contributed by atoms with Gasteiger partial charge in [-0.25, -0.2) is 5.43 Å². The Morgan fingerprint density at radius 3 is 2.39 bits per heavy atom. The molecule has 0 saturated heterocycles. The zero-order chi connectivity index (χ0) is 23.5. The van der Waals surface area contributed by atoms with Crippen molar-refractivity contribution in [3.05, 3.63) is 88.4 Å². The normalized spacial score (nSPS) is 10.8. The van der Waals surface area contributed by atoms with Gasteiger partial charge in [-0.1, -0.05) is 30.7 Å². The number of hydrazone groups is 1. The fourth-order valence-corrected chi connectivity index (χ4v) is 3.01. The standard InChI is InChI=1S/C26H27ClN2O4/c1-3-15-32-23-12-8-21(9-13-23)26(30)29-28-17-20-7-14-24(25(16-20)31-4-2)33-18-19-5-10-22(27)11-6-19/h5-14,16-17H,3-4,15,18H2,1-2H3,(H,29,30). The third-order valence-corrected chi connectivity index (χ3v) is 4.80. The summed E-state index contributed by atoms with van der Waals surface area (Å²) in [5.74, 6) is 1.66. The van der Waals surface area contributed by atoms with Crippen molar-refractivity contribution in [1.82, 2.24) is 5.43 Å². The molecule has 6 nitrogen and oxygen atoms in total. The van der Waals surface area contributed by atoms with Crippen molar-refractivity contribution in [2.75, 3.05) is 13.2 Å². The van der Waals surface area contributed by atoms with E-state index in [1.54, 1.807) is 30.5 Å². The average Bonchev–Trinajstić information content (AvgIpc) is 2.83. The van der Waals surface area contributed by atoms with Crippen molar-refractivity contribution < 1.29 is 19.0 Å². The lowest BCUT2D eigenvalue weighted by atomic mass is 10.2. The minimum absolute atomic E-state index is 0.304. The molecule has 0 heterocycles. The van der Waals surface area contributed by atoms with E-state index in [0.29, 0.717) is 41.9 Å². The molecule has 0 bridgehead atoms. The minimum atomic E-state index is -0.304. The van der Waals surface area contributed by atoms with Gasteiger partial charge in [0.25, 0.3) is 5.91 Å². The van der Waals surface area contributed by atoms with Gasteiger partial charge in [-0.3, -0.25) is 4.79 Å². The van der Waals surface area contributed by atoms with E-state index < -0.39 is 0 Å². The van der Waals surface area contributed by atoms with E-state index in [9.17, 15) is 4.79 Å². The SMILES string of the molecule is CCCOc1ccc(C(=O)NN=Cc2ccc(OCc3ccc(Cl)cc3)c(OCC)c2)cc1. The Morgan fingerprint density at radius 2 is 1.70 bits per heavy atom. The van der Waals surface area contributed by atoms with Crippen molar-refractivity contribution in [1.29, 1.82) is 0 Å². The molecule has 0 spiro atoms. The van der Waals surface area contributed by atoms with Crippen LogP contribution in [0.3, 0.4) is 0 Å². The first-order valence-corrected chi connectivity index (χ1v) is 11.2. The van der Waals surface area contributed by atoms with E-state index in [1.165, 1.54) is 0 Å². The second-order valence-electron chi connectivity index (χ2n) is 7.13. The van der Waals surface area contributed by atoms with Gasteiger partial charge in [-0.05, 0) is 79.1 Å². The molecule has 0 aliphatic heterocycles. The van der Waals surface area contributed by atoms with Gasteiger partial charge < -0.3 is 14.2 Å². The number of hydrogen-bond donors (Lipinski definition) is 1. The molecule has 0 atom stereocenters. The van der Waals surface area contributed by atoms with Crippen LogP contribution in [0.1, 0.15) is 41.8 Å². The molecule has 172 valence electrons. The van der Waals surface area contributed by atoms with Gasteiger partial charge >= 0.3 is 0 Å². The number of hydrogen-bond acceptors (Lipinski definition) is 5. The van der Waals surface area contributed by atoms with Crippen molar-refractivity contribution >= 4 is 23.7 Å². The molecule has 1 amide bonds. The van der Waals surface area contributed by atoms with Gasteiger partial charge in [0, 0.05) is 10.6 Å². The fraction of sp³-hybridized carbons (Fsp3) is 0.231. The molecule has 3 rings (SSSR count). The number of benzene rings is 3. The van der Waals surface area contributed by atoms with Crippen LogP contribution < -0.4 is 19.6 Å². The van der Waals surface area contributed by atoms with Crippen molar-refractivity contribution in [3.8, 4) is 17.2 Å². The van der Waals surface area contributed by atoms with Crippen LogP contribution in [0.25, 0.3) is 0 Å². The first kappa shape index (κ1) is 24.1. The van der Waals surface area contributed by atoms with E-state index in [2.05, 4.69) is 10.5 Å². The third-order valence-electron chi connectivity index (χ3n) is 4.54. The quantitative estimate of drug-likeness (QED) is 0.283. The smallest absolute Gasteiger partial charge is 0.271 e. The monoisotopic (exact) mass is 466 g/mol. The van der Waals surface area contributed by atoms with Crippen molar-refractivity contribution in [2.45, 2.75) is 26.9 Å². The Bertz CT molecular complexity index is 1070.